The molecule has 288 valence electrons. The first-order chi connectivity index (χ1) is 23.7. The maximum atomic E-state index is 12.0. The zero-order valence-corrected chi connectivity index (χ0v) is 31.3. The molecule has 0 saturated carbocycles. The Morgan fingerprint density at radius 2 is 1.36 bits per heavy atom. The summed E-state index contributed by atoms with van der Waals surface area (Å²) in [5.41, 5.74) is -0.830. The van der Waals surface area contributed by atoms with Gasteiger partial charge in [0.05, 0.1) is 6.10 Å². The Morgan fingerprint density at radius 3 is 2.00 bits per heavy atom. The number of hydrogen-bond acceptors (Lipinski definition) is 18. The van der Waals surface area contributed by atoms with E-state index < -0.39 is 84.4 Å². The minimum Gasteiger partial charge on any atom is -0.463 e. The smallest absolute Gasteiger partial charge is 0.303 e. The van der Waals surface area contributed by atoms with Gasteiger partial charge in [-0.25, -0.2) is 0 Å². The molecule has 2 aliphatic rings. The second kappa shape index (κ2) is 23.5. The molecular formula is C30H50N2O15S3. The van der Waals surface area contributed by atoms with Crippen LogP contribution in [0.4, 0.5) is 0 Å². The number of rotatable bonds is 20. The first-order valence-electron chi connectivity index (χ1n) is 16.1. The molecular weight excluding hydrogens is 725 g/mol. The first kappa shape index (κ1) is 44.2. The zero-order chi connectivity index (χ0) is 37.2. The van der Waals surface area contributed by atoms with Crippen LogP contribution in [0.25, 0.3) is 0 Å². The van der Waals surface area contributed by atoms with Crippen molar-refractivity contribution in [1.82, 2.24) is 10.6 Å². The Balaban J connectivity index is 1.68. The van der Waals surface area contributed by atoms with Gasteiger partial charge in [-0.1, -0.05) is 0 Å². The Hall–Kier alpha value is -2.01. The molecule has 0 aromatic rings. The van der Waals surface area contributed by atoms with E-state index >= 15 is 0 Å². The third kappa shape index (κ3) is 15.7. The summed E-state index contributed by atoms with van der Waals surface area (Å²) in [6.45, 7) is 6.52. The lowest BCUT2D eigenvalue weighted by atomic mass is 9.99. The fourth-order valence-corrected chi connectivity index (χ4v) is 7.17. The molecule has 0 aliphatic carbocycles. The fraction of sp³-hybridized carbons (Fsp3) is 0.833. The number of esters is 4. The molecule has 17 nitrogen and oxygen atoms in total. The van der Waals surface area contributed by atoms with Crippen molar-refractivity contribution in [3.05, 3.63) is 0 Å². The van der Waals surface area contributed by atoms with Gasteiger partial charge in [0.2, 0.25) is 0 Å². The fourth-order valence-electron chi connectivity index (χ4n) is 4.91. The van der Waals surface area contributed by atoms with Crippen LogP contribution in [0.1, 0.15) is 40.5 Å². The SMILES string of the molecule is CO[C@H]1O[C@H](CSCCNC(=S)NCCCOCCCS[C@H]2O[C@H](COC(C)=O)[C@@H](OC(C)=O)[C@H](OC(C)=O)[C@@H]2OC(C)=O)[C@@H](O)[C@H](O)[C@H]1O. The first-order valence-corrected chi connectivity index (χ1v) is 18.7. The molecule has 0 aromatic carbocycles. The molecule has 2 aliphatic heterocycles. The van der Waals surface area contributed by atoms with E-state index in [0.29, 0.717) is 61.5 Å². The average molecular weight is 775 g/mol. The molecule has 2 fully saturated rings. The van der Waals surface area contributed by atoms with Gasteiger partial charge in [0.25, 0.3) is 0 Å². The Kier molecular flexibility index (Phi) is 20.8. The highest BCUT2D eigenvalue weighted by molar-refractivity contribution is 7.99. The van der Waals surface area contributed by atoms with Crippen LogP contribution in [0.15, 0.2) is 0 Å². The predicted octanol–water partition coefficient (Wildman–Crippen LogP) is -0.749. The molecule has 0 unspecified atom stereocenters. The van der Waals surface area contributed by atoms with E-state index in [1.165, 1.54) is 58.3 Å². The second-order valence-corrected chi connectivity index (χ2v) is 14.0. The van der Waals surface area contributed by atoms with E-state index in [9.17, 15) is 34.5 Å². The number of thiocarbonyl (C=S) groups is 1. The van der Waals surface area contributed by atoms with Crippen molar-refractivity contribution in [2.45, 2.75) is 101 Å². The molecule has 20 heteroatoms. The third-order valence-corrected chi connectivity index (χ3v) is 9.71. The Morgan fingerprint density at radius 1 is 0.740 bits per heavy atom. The van der Waals surface area contributed by atoms with Crippen molar-refractivity contribution in [2.75, 3.05) is 57.3 Å². The quantitative estimate of drug-likeness (QED) is 0.0444. The van der Waals surface area contributed by atoms with E-state index in [2.05, 4.69) is 10.6 Å². The number of ether oxygens (including phenoxy) is 8. The molecule has 2 heterocycles. The maximum Gasteiger partial charge on any atom is 0.303 e. The molecule has 2 rings (SSSR count). The van der Waals surface area contributed by atoms with Crippen molar-refractivity contribution >= 4 is 64.7 Å². The number of carbonyl (C=O) groups is 4. The average Bonchev–Trinajstić information content (AvgIpc) is 3.04. The summed E-state index contributed by atoms with van der Waals surface area (Å²) in [5, 5.41) is 36.6. The van der Waals surface area contributed by atoms with Crippen LogP contribution in [-0.4, -0.2) is 162 Å². The number of aliphatic hydroxyl groups is 3. The van der Waals surface area contributed by atoms with Gasteiger partial charge in [0, 0.05) is 72.6 Å². The van der Waals surface area contributed by atoms with Crippen LogP contribution in [0.3, 0.4) is 0 Å². The van der Waals surface area contributed by atoms with Gasteiger partial charge in [-0.05, 0) is 30.8 Å². The van der Waals surface area contributed by atoms with Crippen LogP contribution in [0.5, 0.6) is 0 Å². The number of thioether (sulfide) groups is 2. The van der Waals surface area contributed by atoms with Gasteiger partial charge in [0.15, 0.2) is 29.7 Å². The van der Waals surface area contributed by atoms with Crippen LogP contribution in [-0.2, 0) is 57.1 Å². The lowest BCUT2D eigenvalue weighted by Gasteiger charge is -2.44. The topological polar surface area (TPSA) is 227 Å². The van der Waals surface area contributed by atoms with Crippen molar-refractivity contribution in [1.29, 1.82) is 0 Å². The number of methoxy groups -OCH3 is 1. The van der Waals surface area contributed by atoms with Gasteiger partial charge < -0.3 is 63.8 Å². The number of aliphatic hydroxyl groups excluding tert-OH is 3. The zero-order valence-electron chi connectivity index (χ0n) is 28.8. The summed E-state index contributed by atoms with van der Waals surface area (Å²) in [6.07, 6.45) is -8.76. The predicted molar refractivity (Wildman–Crippen MR) is 184 cm³/mol. The molecule has 0 radical (unpaired) electrons. The van der Waals surface area contributed by atoms with Crippen molar-refractivity contribution < 1.29 is 72.4 Å². The molecule has 0 amide bonds. The largest absolute Gasteiger partial charge is 0.463 e. The van der Waals surface area contributed by atoms with E-state index in [1.54, 1.807) is 0 Å². The summed E-state index contributed by atoms with van der Waals surface area (Å²) in [5.74, 6) is -1.05. The lowest BCUT2D eigenvalue weighted by Crippen LogP contribution is -2.61. The van der Waals surface area contributed by atoms with E-state index in [0.717, 1.165) is 0 Å². The number of nitrogens with one attached hydrogen (secondary N) is 2. The highest BCUT2D eigenvalue weighted by Gasteiger charge is 2.52. The summed E-state index contributed by atoms with van der Waals surface area (Å²) >= 11 is 8.08. The minimum absolute atomic E-state index is 0.279. The number of carbonyl (C=O) groups excluding carboxylic acids is 4. The molecule has 2 saturated heterocycles. The van der Waals surface area contributed by atoms with Crippen molar-refractivity contribution in [2.24, 2.45) is 0 Å². The van der Waals surface area contributed by atoms with Crippen LogP contribution < -0.4 is 10.6 Å². The molecule has 5 N–H and O–H groups in total. The van der Waals surface area contributed by atoms with Crippen LogP contribution in [0.2, 0.25) is 0 Å². The lowest BCUT2D eigenvalue weighted by molar-refractivity contribution is -0.284. The minimum atomic E-state index is -1.35. The van der Waals surface area contributed by atoms with Gasteiger partial charge in [-0.3, -0.25) is 19.2 Å². The van der Waals surface area contributed by atoms with Gasteiger partial charge in [-0.2, -0.15) is 11.8 Å². The summed E-state index contributed by atoms with van der Waals surface area (Å²) in [4.78, 5) is 47.3. The molecule has 0 bridgehead atoms. The highest BCUT2D eigenvalue weighted by Crippen LogP contribution is 2.34. The van der Waals surface area contributed by atoms with E-state index in [4.69, 9.17) is 50.1 Å². The summed E-state index contributed by atoms with van der Waals surface area (Å²) in [7, 11) is 1.35. The molecule has 0 aromatic heterocycles. The third-order valence-electron chi connectivity index (χ3n) is 7.13. The van der Waals surface area contributed by atoms with Crippen LogP contribution in [0, 0.1) is 0 Å². The van der Waals surface area contributed by atoms with Gasteiger partial charge >= 0.3 is 23.9 Å². The summed E-state index contributed by atoms with van der Waals surface area (Å²) in [6, 6.07) is 0. The second-order valence-electron chi connectivity index (χ2n) is 11.3. The Bertz CT molecular complexity index is 1090. The molecule has 10 atom stereocenters. The maximum absolute atomic E-state index is 12.0. The Labute approximate surface area is 305 Å². The molecule has 0 spiro atoms. The van der Waals surface area contributed by atoms with Crippen molar-refractivity contribution in [3.63, 3.8) is 0 Å². The standard InChI is InChI=1S/C30H50N2O15S3/c1-16(33)42-14-20-25(43-17(2)34)26(44-18(3)35)27(45-19(4)36)29(47-20)50-12-7-11-41-10-6-8-31-30(48)32-9-13-49-15-21-22(37)23(38)24(39)28(40-5)46-21/h20-29,37-39H,6-15H2,1-5H3,(H2,31,32,48)/t20-,21-,22-,23+,24-,25-,26+,27+,28+,29-/m1/s1. The van der Waals surface area contributed by atoms with Gasteiger partial charge in [0.1, 0.15) is 36.5 Å². The summed E-state index contributed by atoms with van der Waals surface area (Å²) < 4.78 is 43.7. The van der Waals surface area contributed by atoms with E-state index in [1.807, 2.05) is 0 Å². The molecule has 50 heavy (non-hydrogen) atoms. The highest BCUT2D eigenvalue weighted by atomic mass is 32.2. The monoisotopic (exact) mass is 774 g/mol. The van der Waals surface area contributed by atoms with Crippen LogP contribution >= 0.6 is 35.7 Å². The van der Waals surface area contributed by atoms with E-state index in [-0.39, 0.29) is 6.61 Å². The number of hydrogen-bond donors (Lipinski definition) is 5. The normalized spacial score (nSPS) is 29.4. The van der Waals surface area contributed by atoms with Gasteiger partial charge in [-0.15, -0.1) is 11.8 Å². The van der Waals surface area contributed by atoms with Crippen molar-refractivity contribution in [3.8, 4) is 0 Å².